The Balaban J connectivity index is 0.000000771. The van der Waals surface area contributed by atoms with Gasteiger partial charge in [0.15, 0.2) is 0 Å². The van der Waals surface area contributed by atoms with Crippen molar-refractivity contribution in [3.05, 3.63) is 35.8 Å². The van der Waals surface area contributed by atoms with Crippen LogP contribution in [0.4, 0.5) is 0 Å². The number of nitrogens with zero attached hydrogens (tertiary/aromatic N) is 2. The lowest BCUT2D eigenvalue weighted by Crippen LogP contribution is -2.04. The highest BCUT2D eigenvalue weighted by molar-refractivity contribution is 6.05. The maximum Gasteiger partial charge on any atom is 0.131 e. The van der Waals surface area contributed by atoms with Crippen LogP contribution in [0, 0.1) is 0 Å². The molecule has 2 nitrogen and oxygen atoms in total. The highest BCUT2D eigenvalue weighted by atomic mass is 14.9. The van der Waals surface area contributed by atoms with E-state index in [2.05, 4.69) is 57.6 Å². The van der Waals surface area contributed by atoms with E-state index in [4.69, 9.17) is 0 Å². The Hall–Kier alpha value is -1.38. The zero-order chi connectivity index (χ0) is 13.7. The minimum atomic E-state index is 0.377. The van der Waals surface area contributed by atoms with Crippen molar-refractivity contribution in [2.45, 2.75) is 46.4 Å². The standard InChI is InChI=1S/C14H18N2.CH3B/c1-9(2)13-11-7-5-6-8-12(11)15-14(16-13)10(3)4;1-2/h5-10H,1-4H3;1H3. The molecule has 0 unspecified atom stereocenters. The summed E-state index contributed by atoms with van der Waals surface area (Å²) in [6, 6.07) is 8.25. The molecule has 1 heterocycles. The zero-order valence-corrected chi connectivity index (χ0v) is 11.9. The average molecular weight is 240 g/mol. The largest absolute Gasteiger partial charge is 0.237 e. The molecule has 0 aliphatic carbocycles. The fraction of sp³-hybridized carbons (Fsp3) is 0.467. The van der Waals surface area contributed by atoms with Gasteiger partial charge in [0.2, 0.25) is 0 Å². The maximum atomic E-state index is 4.69. The van der Waals surface area contributed by atoms with E-state index < -0.39 is 0 Å². The summed E-state index contributed by atoms with van der Waals surface area (Å²) in [5.74, 6) is 1.76. The van der Waals surface area contributed by atoms with E-state index in [9.17, 15) is 0 Å². The summed E-state index contributed by atoms with van der Waals surface area (Å²) in [5.41, 5.74) is 2.22. The molecule has 0 aliphatic rings. The van der Waals surface area contributed by atoms with E-state index in [1.165, 1.54) is 12.2 Å². The summed E-state index contributed by atoms with van der Waals surface area (Å²) in [4.78, 5) is 9.30. The van der Waals surface area contributed by atoms with E-state index in [1.54, 1.807) is 0 Å². The Labute approximate surface area is 111 Å². The zero-order valence-electron chi connectivity index (χ0n) is 11.9. The van der Waals surface area contributed by atoms with E-state index in [0.29, 0.717) is 11.8 Å². The van der Waals surface area contributed by atoms with Gasteiger partial charge >= 0.3 is 0 Å². The number of benzene rings is 1. The van der Waals surface area contributed by atoms with Crippen molar-refractivity contribution in [2.24, 2.45) is 0 Å². The summed E-state index contributed by atoms with van der Waals surface area (Å²) in [7, 11) is 4.50. The number of fused-ring (bicyclic) bond motifs is 1. The van der Waals surface area contributed by atoms with Crippen molar-refractivity contribution in [1.82, 2.24) is 9.97 Å². The van der Waals surface area contributed by atoms with Crippen LogP contribution in [0.2, 0.25) is 6.82 Å². The van der Waals surface area contributed by atoms with Crippen molar-refractivity contribution < 1.29 is 0 Å². The molecule has 0 saturated heterocycles. The van der Waals surface area contributed by atoms with Gasteiger partial charge in [0, 0.05) is 11.3 Å². The molecule has 2 aromatic rings. The summed E-state index contributed by atoms with van der Waals surface area (Å²) >= 11 is 0. The van der Waals surface area contributed by atoms with Gasteiger partial charge in [-0.15, -0.1) is 0 Å². The molecule has 0 atom stereocenters. The Morgan fingerprint density at radius 1 is 0.889 bits per heavy atom. The molecule has 0 fully saturated rings. The Bertz CT molecular complexity index is 507. The topological polar surface area (TPSA) is 25.8 Å². The average Bonchev–Trinajstić information content (AvgIpc) is 2.39. The quantitative estimate of drug-likeness (QED) is 0.739. The van der Waals surface area contributed by atoms with Gasteiger partial charge in [-0.3, -0.25) is 0 Å². The first-order chi connectivity index (χ1) is 8.59. The lowest BCUT2D eigenvalue weighted by molar-refractivity contribution is 0.743. The van der Waals surface area contributed by atoms with Crippen LogP contribution < -0.4 is 0 Å². The Morgan fingerprint density at radius 2 is 1.50 bits per heavy atom. The van der Waals surface area contributed by atoms with Crippen molar-refractivity contribution in [3.63, 3.8) is 0 Å². The third-order valence-electron chi connectivity index (χ3n) is 2.71. The number of rotatable bonds is 2. The van der Waals surface area contributed by atoms with Crippen LogP contribution in [0.15, 0.2) is 24.3 Å². The van der Waals surface area contributed by atoms with Crippen LogP contribution in [0.3, 0.4) is 0 Å². The predicted octanol–water partition coefficient (Wildman–Crippen LogP) is 4.08. The van der Waals surface area contributed by atoms with Crippen LogP contribution in [0.5, 0.6) is 0 Å². The molecule has 0 N–H and O–H groups in total. The lowest BCUT2D eigenvalue weighted by atomic mass is 10.0. The van der Waals surface area contributed by atoms with Gasteiger partial charge in [-0.25, -0.2) is 9.97 Å². The van der Waals surface area contributed by atoms with Gasteiger partial charge in [0.25, 0.3) is 0 Å². The van der Waals surface area contributed by atoms with Gasteiger partial charge in [-0.2, -0.15) is 0 Å². The van der Waals surface area contributed by atoms with Gasteiger partial charge in [0.05, 0.1) is 19.1 Å². The summed E-state index contributed by atoms with van der Waals surface area (Å²) in [6.07, 6.45) is 0. The number of aromatic nitrogens is 2. The molecule has 0 bridgehead atoms. The van der Waals surface area contributed by atoms with Crippen molar-refractivity contribution in [1.29, 1.82) is 0 Å². The summed E-state index contributed by atoms with van der Waals surface area (Å²) < 4.78 is 0. The SMILES string of the molecule is CC(C)c1nc(C(C)C)c2ccccc2n1.[B]C. The molecule has 2 rings (SSSR count). The van der Waals surface area contributed by atoms with Gasteiger partial charge in [0.1, 0.15) is 5.82 Å². The Morgan fingerprint density at radius 3 is 2.06 bits per heavy atom. The van der Waals surface area contributed by atoms with Gasteiger partial charge in [-0.1, -0.05) is 52.7 Å². The third kappa shape index (κ3) is 3.09. The molecular formula is C15H21BN2. The third-order valence-corrected chi connectivity index (χ3v) is 2.71. The molecular weight excluding hydrogens is 219 g/mol. The summed E-state index contributed by atoms with van der Waals surface area (Å²) in [6.45, 7) is 10.1. The number of hydrogen-bond donors (Lipinski definition) is 0. The van der Waals surface area contributed by atoms with Crippen molar-refractivity contribution in [2.75, 3.05) is 0 Å². The summed E-state index contributed by atoms with van der Waals surface area (Å²) in [5, 5.41) is 1.18. The maximum absolute atomic E-state index is 4.69. The van der Waals surface area contributed by atoms with E-state index in [-0.39, 0.29) is 0 Å². The van der Waals surface area contributed by atoms with Crippen molar-refractivity contribution in [3.8, 4) is 0 Å². The molecule has 2 radical (unpaired) electrons. The first-order valence-electron chi connectivity index (χ1n) is 6.44. The van der Waals surface area contributed by atoms with Gasteiger partial charge < -0.3 is 0 Å². The molecule has 18 heavy (non-hydrogen) atoms. The highest BCUT2D eigenvalue weighted by Gasteiger charge is 2.11. The minimum Gasteiger partial charge on any atom is -0.237 e. The number of hydrogen-bond acceptors (Lipinski definition) is 2. The first-order valence-corrected chi connectivity index (χ1v) is 6.44. The van der Waals surface area contributed by atoms with Crippen LogP contribution in [0.1, 0.15) is 51.0 Å². The molecule has 1 aromatic heterocycles. The fourth-order valence-electron chi connectivity index (χ4n) is 1.82. The van der Waals surface area contributed by atoms with Crippen molar-refractivity contribution >= 4 is 18.7 Å². The second-order valence-electron chi connectivity index (χ2n) is 4.79. The molecule has 1 aromatic carbocycles. The van der Waals surface area contributed by atoms with E-state index in [0.717, 1.165) is 17.0 Å². The molecule has 0 spiro atoms. The Kier molecular flexibility index (Phi) is 5.33. The van der Waals surface area contributed by atoms with E-state index in [1.807, 2.05) is 12.1 Å². The first kappa shape index (κ1) is 14.7. The lowest BCUT2D eigenvalue weighted by Gasteiger charge is -2.12. The second-order valence-corrected chi connectivity index (χ2v) is 4.79. The fourth-order valence-corrected chi connectivity index (χ4v) is 1.82. The van der Waals surface area contributed by atoms with Crippen LogP contribution >= 0.6 is 0 Å². The highest BCUT2D eigenvalue weighted by Crippen LogP contribution is 2.24. The normalized spacial score (nSPS) is 10.6. The second kappa shape index (κ2) is 6.53. The molecule has 0 saturated carbocycles. The van der Waals surface area contributed by atoms with Crippen LogP contribution in [-0.4, -0.2) is 17.8 Å². The molecule has 94 valence electrons. The smallest absolute Gasteiger partial charge is 0.131 e. The van der Waals surface area contributed by atoms with Gasteiger partial charge in [-0.05, 0) is 12.0 Å². The predicted molar refractivity (Wildman–Crippen MR) is 79.3 cm³/mol. The number of para-hydroxylation sites is 1. The monoisotopic (exact) mass is 240 g/mol. The van der Waals surface area contributed by atoms with E-state index >= 15 is 0 Å². The van der Waals surface area contributed by atoms with Crippen LogP contribution in [-0.2, 0) is 0 Å². The molecule has 0 amide bonds. The molecule has 0 aliphatic heterocycles. The van der Waals surface area contributed by atoms with Crippen LogP contribution in [0.25, 0.3) is 10.9 Å². The molecule has 3 heteroatoms. The minimum absolute atomic E-state index is 0.377.